The van der Waals surface area contributed by atoms with Gasteiger partial charge in [-0.2, -0.15) is 0 Å². The van der Waals surface area contributed by atoms with Gasteiger partial charge in [-0.05, 0) is 36.4 Å². The number of carbonyl (C=O) groups excluding carboxylic acids is 1. The first-order chi connectivity index (χ1) is 8.95. The molecule has 0 saturated carbocycles. The average Bonchev–Trinajstić information content (AvgIpc) is 2.32. The molecule has 0 bridgehead atoms. The standard InChI is InChI=1S/C13H9Cl3N2O/c14-8-3-7(4-9(15)5-8)13(19)18-10-1-2-11(16)12(17)6-10/h1-6H,17H2,(H,18,19). The number of rotatable bonds is 2. The van der Waals surface area contributed by atoms with Crippen molar-refractivity contribution in [1.29, 1.82) is 0 Å². The molecule has 2 rings (SSSR count). The van der Waals surface area contributed by atoms with E-state index < -0.39 is 0 Å². The Kier molecular flexibility index (Phi) is 4.20. The molecule has 0 saturated heterocycles. The van der Waals surface area contributed by atoms with Gasteiger partial charge in [-0.3, -0.25) is 4.79 Å². The Morgan fingerprint density at radius 1 is 1.00 bits per heavy atom. The second-order valence-corrected chi connectivity index (χ2v) is 5.13. The lowest BCUT2D eigenvalue weighted by Crippen LogP contribution is -2.12. The summed E-state index contributed by atoms with van der Waals surface area (Å²) in [7, 11) is 0. The highest BCUT2D eigenvalue weighted by Crippen LogP contribution is 2.24. The zero-order valence-electron chi connectivity index (χ0n) is 9.58. The van der Waals surface area contributed by atoms with E-state index in [9.17, 15) is 4.79 Å². The fourth-order valence-electron chi connectivity index (χ4n) is 1.51. The third-order valence-corrected chi connectivity index (χ3v) is 3.16. The molecule has 0 aliphatic rings. The molecule has 98 valence electrons. The first-order valence-electron chi connectivity index (χ1n) is 5.28. The van der Waals surface area contributed by atoms with Crippen molar-refractivity contribution in [2.75, 3.05) is 11.1 Å². The van der Waals surface area contributed by atoms with E-state index in [1.54, 1.807) is 24.3 Å². The number of hydrogen-bond donors (Lipinski definition) is 2. The van der Waals surface area contributed by atoms with Crippen molar-refractivity contribution < 1.29 is 4.79 Å². The maximum Gasteiger partial charge on any atom is 0.255 e. The van der Waals surface area contributed by atoms with E-state index in [1.165, 1.54) is 12.1 Å². The first kappa shape index (κ1) is 14.0. The third-order valence-electron chi connectivity index (χ3n) is 2.38. The summed E-state index contributed by atoms with van der Waals surface area (Å²) < 4.78 is 0. The summed E-state index contributed by atoms with van der Waals surface area (Å²) in [6.07, 6.45) is 0. The molecule has 0 heterocycles. The van der Waals surface area contributed by atoms with Gasteiger partial charge in [0.15, 0.2) is 0 Å². The average molecular weight is 316 g/mol. The highest BCUT2D eigenvalue weighted by Gasteiger charge is 2.09. The van der Waals surface area contributed by atoms with Crippen molar-refractivity contribution in [2.24, 2.45) is 0 Å². The van der Waals surface area contributed by atoms with Crippen molar-refractivity contribution >= 4 is 52.1 Å². The minimum absolute atomic E-state index is 0.328. The Hall–Kier alpha value is -1.42. The molecule has 0 fully saturated rings. The summed E-state index contributed by atoms with van der Waals surface area (Å²) in [5.74, 6) is -0.328. The zero-order chi connectivity index (χ0) is 14.0. The molecule has 6 heteroatoms. The highest BCUT2D eigenvalue weighted by atomic mass is 35.5. The molecule has 3 N–H and O–H groups in total. The van der Waals surface area contributed by atoms with Gasteiger partial charge in [-0.25, -0.2) is 0 Å². The maximum absolute atomic E-state index is 12.0. The van der Waals surface area contributed by atoms with Gasteiger partial charge < -0.3 is 11.1 Å². The van der Waals surface area contributed by atoms with E-state index in [0.29, 0.717) is 32.0 Å². The number of halogens is 3. The lowest BCUT2D eigenvalue weighted by molar-refractivity contribution is 0.102. The van der Waals surface area contributed by atoms with E-state index in [4.69, 9.17) is 40.5 Å². The molecule has 0 aliphatic carbocycles. The van der Waals surface area contributed by atoms with Gasteiger partial charge in [0, 0.05) is 21.3 Å². The molecule has 2 aromatic rings. The van der Waals surface area contributed by atoms with E-state index in [1.807, 2.05) is 0 Å². The van der Waals surface area contributed by atoms with Crippen molar-refractivity contribution in [3.05, 3.63) is 57.0 Å². The molecule has 0 aliphatic heterocycles. The predicted molar refractivity (Wildman–Crippen MR) is 80.3 cm³/mol. The number of nitrogens with two attached hydrogens (primary N) is 1. The van der Waals surface area contributed by atoms with Crippen LogP contribution in [-0.2, 0) is 0 Å². The normalized spacial score (nSPS) is 10.3. The van der Waals surface area contributed by atoms with Gasteiger partial charge in [0.2, 0.25) is 0 Å². The van der Waals surface area contributed by atoms with Crippen LogP contribution in [-0.4, -0.2) is 5.91 Å². The molecular weight excluding hydrogens is 307 g/mol. The number of nitrogens with one attached hydrogen (secondary N) is 1. The van der Waals surface area contributed by atoms with Crippen molar-refractivity contribution in [3.63, 3.8) is 0 Å². The van der Waals surface area contributed by atoms with Gasteiger partial charge in [0.05, 0.1) is 10.7 Å². The Balaban J connectivity index is 2.22. The van der Waals surface area contributed by atoms with Crippen LogP contribution in [0.2, 0.25) is 15.1 Å². The predicted octanol–water partition coefficient (Wildman–Crippen LogP) is 4.48. The Bertz CT molecular complexity index is 624. The molecule has 3 nitrogen and oxygen atoms in total. The second kappa shape index (κ2) is 5.70. The largest absolute Gasteiger partial charge is 0.397 e. The number of hydrogen-bond acceptors (Lipinski definition) is 2. The van der Waals surface area contributed by atoms with Crippen LogP contribution in [0.3, 0.4) is 0 Å². The monoisotopic (exact) mass is 314 g/mol. The number of anilines is 2. The van der Waals surface area contributed by atoms with Crippen molar-refractivity contribution in [3.8, 4) is 0 Å². The quantitative estimate of drug-likeness (QED) is 0.803. The van der Waals surface area contributed by atoms with Gasteiger partial charge in [-0.15, -0.1) is 0 Å². The van der Waals surface area contributed by atoms with Gasteiger partial charge in [-0.1, -0.05) is 34.8 Å². The van der Waals surface area contributed by atoms with Crippen LogP contribution >= 0.6 is 34.8 Å². The van der Waals surface area contributed by atoms with E-state index in [2.05, 4.69) is 5.32 Å². The van der Waals surface area contributed by atoms with E-state index in [-0.39, 0.29) is 5.91 Å². The first-order valence-corrected chi connectivity index (χ1v) is 6.41. The van der Waals surface area contributed by atoms with E-state index >= 15 is 0 Å². The molecule has 2 aromatic carbocycles. The number of carbonyl (C=O) groups is 1. The fraction of sp³-hybridized carbons (Fsp3) is 0. The Labute approximate surface area is 125 Å². The van der Waals surface area contributed by atoms with Gasteiger partial charge >= 0.3 is 0 Å². The van der Waals surface area contributed by atoms with Crippen LogP contribution < -0.4 is 11.1 Å². The van der Waals surface area contributed by atoms with Crippen LogP contribution in [0, 0.1) is 0 Å². The minimum Gasteiger partial charge on any atom is -0.397 e. The van der Waals surface area contributed by atoms with Gasteiger partial charge in [0.25, 0.3) is 5.91 Å². The lowest BCUT2D eigenvalue weighted by atomic mass is 10.2. The van der Waals surface area contributed by atoms with E-state index in [0.717, 1.165) is 0 Å². The van der Waals surface area contributed by atoms with Crippen LogP contribution in [0.4, 0.5) is 11.4 Å². The summed E-state index contributed by atoms with van der Waals surface area (Å²) in [5.41, 5.74) is 6.96. The van der Waals surface area contributed by atoms with Crippen LogP contribution in [0.25, 0.3) is 0 Å². The summed E-state index contributed by atoms with van der Waals surface area (Å²) in [5, 5.41) is 3.91. The number of nitrogen functional groups attached to an aromatic ring is 1. The van der Waals surface area contributed by atoms with Crippen molar-refractivity contribution in [2.45, 2.75) is 0 Å². The molecule has 1 amide bonds. The zero-order valence-corrected chi connectivity index (χ0v) is 11.9. The minimum atomic E-state index is -0.328. The van der Waals surface area contributed by atoms with Gasteiger partial charge in [0.1, 0.15) is 0 Å². The summed E-state index contributed by atoms with van der Waals surface area (Å²) >= 11 is 17.5. The summed E-state index contributed by atoms with van der Waals surface area (Å²) in [6, 6.07) is 9.46. The topological polar surface area (TPSA) is 55.1 Å². The second-order valence-electron chi connectivity index (χ2n) is 3.85. The third kappa shape index (κ3) is 3.53. The number of amides is 1. The van der Waals surface area contributed by atoms with Crippen LogP contribution in [0.15, 0.2) is 36.4 Å². The molecular formula is C13H9Cl3N2O. The Morgan fingerprint density at radius 2 is 1.63 bits per heavy atom. The van der Waals surface area contributed by atoms with Crippen molar-refractivity contribution in [1.82, 2.24) is 0 Å². The molecule has 0 aromatic heterocycles. The fourth-order valence-corrected chi connectivity index (χ4v) is 2.15. The van der Waals surface area contributed by atoms with Crippen LogP contribution in [0.1, 0.15) is 10.4 Å². The summed E-state index contributed by atoms with van der Waals surface area (Å²) in [4.78, 5) is 12.0. The molecule has 0 radical (unpaired) electrons. The molecule has 0 unspecified atom stereocenters. The SMILES string of the molecule is Nc1cc(NC(=O)c2cc(Cl)cc(Cl)c2)ccc1Cl. The van der Waals surface area contributed by atoms with Crippen LogP contribution in [0.5, 0.6) is 0 Å². The number of benzene rings is 2. The smallest absolute Gasteiger partial charge is 0.255 e. The maximum atomic E-state index is 12.0. The summed E-state index contributed by atoms with van der Waals surface area (Å²) in [6.45, 7) is 0. The molecule has 19 heavy (non-hydrogen) atoms. The lowest BCUT2D eigenvalue weighted by Gasteiger charge is -2.07. The molecule has 0 atom stereocenters. The molecule has 0 spiro atoms. The Morgan fingerprint density at radius 3 is 2.21 bits per heavy atom. The highest BCUT2D eigenvalue weighted by molar-refractivity contribution is 6.35.